The number of nitrogens with zero attached hydrogens (tertiary/aromatic N) is 2. The highest BCUT2D eigenvalue weighted by molar-refractivity contribution is 7.80. The summed E-state index contributed by atoms with van der Waals surface area (Å²) in [6.45, 7) is 0. The molecular formula is C15H29N3S. The molecule has 0 aromatic heterocycles. The van der Waals surface area contributed by atoms with E-state index in [1.165, 1.54) is 70.6 Å². The van der Waals surface area contributed by atoms with Gasteiger partial charge in [-0.25, -0.2) is 5.43 Å². The molecule has 0 aromatic rings. The zero-order valence-electron chi connectivity index (χ0n) is 12.6. The highest BCUT2D eigenvalue weighted by Crippen LogP contribution is 2.31. The Morgan fingerprint density at radius 1 is 0.842 bits per heavy atom. The minimum Gasteiger partial charge on any atom is -0.331 e. The van der Waals surface area contributed by atoms with Gasteiger partial charge in [0.05, 0.1) is 0 Å². The molecule has 110 valence electrons. The van der Waals surface area contributed by atoms with Crippen molar-refractivity contribution in [1.29, 1.82) is 0 Å². The van der Waals surface area contributed by atoms with Gasteiger partial charge in [0.25, 0.3) is 0 Å². The highest BCUT2D eigenvalue weighted by atomic mass is 32.1. The summed E-state index contributed by atoms with van der Waals surface area (Å²) in [5, 5.41) is 2.97. The molecule has 19 heavy (non-hydrogen) atoms. The molecule has 0 bridgehead atoms. The molecule has 1 aliphatic heterocycles. The molecule has 0 amide bonds. The zero-order valence-corrected chi connectivity index (χ0v) is 13.4. The summed E-state index contributed by atoms with van der Waals surface area (Å²) in [4.78, 5) is 2.30. The number of thiocarbonyl (C=S) groups is 1. The van der Waals surface area contributed by atoms with E-state index in [0.29, 0.717) is 0 Å². The van der Waals surface area contributed by atoms with Gasteiger partial charge < -0.3 is 4.90 Å². The van der Waals surface area contributed by atoms with Crippen LogP contribution >= 0.6 is 12.2 Å². The molecule has 2 fully saturated rings. The number of hydrogen-bond donors (Lipinski definition) is 1. The first kappa shape index (κ1) is 15.0. The van der Waals surface area contributed by atoms with Gasteiger partial charge >= 0.3 is 0 Å². The van der Waals surface area contributed by atoms with E-state index in [4.69, 9.17) is 12.2 Å². The van der Waals surface area contributed by atoms with Crippen molar-refractivity contribution in [2.45, 2.75) is 76.3 Å². The van der Waals surface area contributed by atoms with Crippen LogP contribution < -0.4 is 5.43 Å². The fourth-order valence-corrected chi connectivity index (χ4v) is 3.71. The summed E-state index contributed by atoms with van der Waals surface area (Å²) < 4.78 is 0. The van der Waals surface area contributed by atoms with Gasteiger partial charge in [-0.15, -0.1) is 0 Å². The number of hydrazine groups is 1. The molecule has 0 radical (unpaired) electrons. The standard InChI is InChI=1S/C15H29N3S/c1-17-14(19)18(2)16-15(17)12-10-8-6-4-3-5-7-9-11-13-15/h16H,3-13H2,1-2H3. The van der Waals surface area contributed by atoms with Crippen LogP contribution in [0.5, 0.6) is 0 Å². The Kier molecular flexibility index (Phi) is 5.46. The summed E-state index contributed by atoms with van der Waals surface area (Å²) in [5.74, 6) is 0. The van der Waals surface area contributed by atoms with Crippen LogP contribution in [0.2, 0.25) is 0 Å². The van der Waals surface area contributed by atoms with E-state index >= 15 is 0 Å². The third-order valence-corrected chi connectivity index (χ3v) is 5.32. The molecule has 1 N–H and O–H groups in total. The smallest absolute Gasteiger partial charge is 0.187 e. The molecule has 0 aromatic carbocycles. The van der Waals surface area contributed by atoms with Gasteiger partial charge in [-0.3, -0.25) is 5.01 Å². The number of hydrogen-bond acceptors (Lipinski definition) is 2. The maximum absolute atomic E-state index is 5.49. The molecule has 1 saturated heterocycles. The van der Waals surface area contributed by atoms with E-state index in [-0.39, 0.29) is 5.66 Å². The fourth-order valence-electron chi connectivity index (χ4n) is 3.49. The maximum Gasteiger partial charge on any atom is 0.187 e. The molecule has 2 rings (SSSR count). The highest BCUT2D eigenvalue weighted by Gasteiger charge is 2.42. The summed E-state index contributed by atoms with van der Waals surface area (Å²) >= 11 is 5.49. The van der Waals surface area contributed by atoms with E-state index in [9.17, 15) is 0 Å². The lowest BCUT2D eigenvalue weighted by atomic mass is 9.92. The lowest BCUT2D eigenvalue weighted by Crippen LogP contribution is -2.51. The lowest BCUT2D eigenvalue weighted by molar-refractivity contribution is 0.121. The topological polar surface area (TPSA) is 18.5 Å². The van der Waals surface area contributed by atoms with E-state index in [2.05, 4.69) is 17.4 Å². The van der Waals surface area contributed by atoms with Crippen LogP contribution in [-0.4, -0.2) is 34.8 Å². The Labute approximate surface area is 123 Å². The van der Waals surface area contributed by atoms with Crippen molar-refractivity contribution in [1.82, 2.24) is 15.3 Å². The largest absolute Gasteiger partial charge is 0.331 e. The minimum absolute atomic E-state index is 0.0883. The molecule has 1 aliphatic carbocycles. The minimum atomic E-state index is 0.0883. The number of rotatable bonds is 0. The zero-order chi connectivity index (χ0) is 13.7. The van der Waals surface area contributed by atoms with Crippen LogP contribution in [0.15, 0.2) is 0 Å². The third-order valence-electron chi connectivity index (χ3n) is 4.77. The van der Waals surface area contributed by atoms with Crippen LogP contribution in [0.1, 0.15) is 70.6 Å². The lowest BCUT2D eigenvalue weighted by Gasteiger charge is -2.36. The van der Waals surface area contributed by atoms with Gasteiger partial charge in [0, 0.05) is 14.1 Å². The number of nitrogens with one attached hydrogen (secondary N) is 1. The van der Waals surface area contributed by atoms with Crippen molar-refractivity contribution in [3.05, 3.63) is 0 Å². The van der Waals surface area contributed by atoms with E-state index in [1.54, 1.807) is 0 Å². The first-order chi connectivity index (χ1) is 9.16. The summed E-state index contributed by atoms with van der Waals surface area (Å²) in [6.07, 6.45) is 14.9. The predicted molar refractivity (Wildman–Crippen MR) is 84.8 cm³/mol. The average Bonchev–Trinajstić information content (AvgIpc) is 2.59. The second-order valence-electron chi connectivity index (χ2n) is 6.23. The van der Waals surface area contributed by atoms with Crippen molar-refractivity contribution in [3.8, 4) is 0 Å². The Balaban J connectivity index is 2.00. The molecular weight excluding hydrogens is 254 g/mol. The fraction of sp³-hybridized carbons (Fsp3) is 0.933. The molecule has 0 atom stereocenters. The maximum atomic E-state index is 5.49. The normalized spacial score (nSPS) is 26.3. The molecule has 1 saturated carbocycles. The molecule has 4 heteroatoms. The van der Waals surface area contributed by atoms with Crippen LogP contribution in [0.25, 0.3) is 0 Å². The molecule has 1 spiro atoms. The van der Waals surface area contributed by atoms with Gasteiger partial charge in [-0.1, -0.05) is 44.9 Å². The Hall–Kier alpha value is -0.350. The van der Waals surface area contributed by atoms with Crippen LogP contribution in [0.3, 0.4) is 0 Å². The monoisotopic (exact) mass is 283 g/mol. The van der Waals surface area contributed by atoms with Crippen molar-refractivity contribution < 1.29 is 0 Å². The third kappa shape index (κ3) is 3.60. The van der Waals surface area contributed by atoms with E-state index < -0.39 is 0 Å². The van der Waals surface area contributed by atoms with Gasteiger partial charge in [-0.05, 0) is 37.9 Å². The van der Waals surface area contributed by atoms with Crippen molar-refractivity contribution in [3.63, 3.8) is 0 Å². The van der Waals surface area contributed by atoms with Crippen LogP contribution in [0, 0.1) is 0 Å². The van der Waals surface area contributed by atoms with Gasteiger partial charge in [0.2, 0.25) is 0 Å². The molecule has 0 unspecified atom stereocenters. The van der Waals surface area contributed by atoms with E-state index in [1.807, 2.05) is 12.1 Å². The predicted octanol–water partition coefficient (Wildman–Crippen LogP) is 3.65. The first-order valence-corrected chi connectivity index (χ1v) is 8.36. The molecule has 3 nitrogen and oxygen atoms in total. The van der Waals surface area contributed by atoms with Crippen LogP contribution in [-0.2, 0) is 0 Å². The SMILES string of the molecule is CN1NC2(CCCCCCCCCCC2)N(C)C1=S. The van der Waals surface area contributed by atoms with Gasteiger partial charge in [0.15, 0.2) is 5.11 Å². The quantitative estimate of drug-likeness (QED) is 0.684. The van der Waals surface area contributed by atoms with Gasteiger partial charge in [-0.2, -0.15) is 0 Å². The van der Waals surface area contributed by atoms with Crippen molar-refractivity contribution >= 4 is 17.3 Å². The van der Waals surface area contributed by atoms with Crippen molar-refractivity contribution in [2.24, 2.45) is 0 Å². The second kappa shape index (κ2) is 6.89. The summed E-state index contributed by atoms with van der Waals surface area (Å²) in [6, 6.07) is 0. The Bertz CT molecular complexity index is 294. The molecule has 1 heterocycles. The van der Waals surface area contributed by atoms with Gasteiger partial charge in [0.1, 0.15) is 5.66 Å². The summed E-state index contributed by atoms with van der Waals surface area (Å²) in [5.41, 5.74) is 3.73. The van der Waals surface area contributed by atoms with E-state index in [0.717, 1.165) is 5.11 Å². The van der Waals surface area contributed by atoms with Crippen molar-refractivity contribution in [2.75, 3.05) is 14.1 Å². The average molecular weight is 283 g/mol. The Morgan fingerprint density at radius 3 is 1.63 bits per heavy atom. The Morgan fingerprint density at radius 2 is 1.26 bits per heavy atom. The van der Waals surface area contributed by atoms with Crippen LogP contribution in [0.4, 0.5) is 0 Å². The molecule has 2 aliphatic rings. The first-order valence-electron chi connectivity index (χ1n) is 7.95. The second-order valence-corrected chi connectivity index (χ2v) is 6.59. The summed E-state index contributed by atoms with van der Waals surface area (Å²) in [7, 11) is 4.20.